The molecule has 2 aromatic rings. The molecule has 0 radical (unpaired) electrons. The first-order valence-corrected chi connectivity index (χ1v) is 8.65. The molecule has 1 fully saturated rings. The first-order chi connectivity index (χ1) is 12.2. The minimum atomic E-state index is -0.0767. The normalized spacial score (nSPS) is 17.3. The molecule has 2 aromatic heterocycles. The fraction of sp³-hybridized carbons (Fsp3) is 0.412. The molecule has 0 bridgehead atoms. The smallest absolute Gasteiger partial charge is 0.255 e. The van der Waals surface area contributed by atoms with E-state index in [-0.39, 0.29) is 5.91 Å². The van der Waals surface area contributed by atoms with Crippen molar-refractivity contribution >= 4 is 23.3 Å². The van der Waals surface area contributed by atoms with Gasteiger partial charge in [-0.25, -0.2) is 9.97 Å². The second-order valence-electron chi connectivity index (χ2n) is 6.09. The second-order valence-corrected chi connectivity index (χ2v) is 6.53. The van der Waals surface area contributed by atoms with Gasteiger partial charge in [0.1, 0.15) is 12.1 Å². The number of nitrogens with zero attached hydrogens (tertiary/aromatic N) is 5. The third kappa shape index (κ3) is 3.29. The summed E-state index contributed by atoms with van der Waals surface area (Å²) in [7, 11) is 0. The van der Waals surface area contributed by atoms with Gasteiger partial charge in [0.05, 0.1) is 36.0 Å². The number of hydrogen-bond donors (Lipinski definition) is 0. The SMILES string of the molecule is O=C(c1cncc(Cl)c1)N1CCc2c(ncnc2N2CCOCC2)C1. The van der Waals surface area contributed by atoms with Gasteiger partial charge in [0.2, 0.25) is 0 Å². The summed E-state index contributed by atoms with van der Waals surface area (Å²) < 4.78 is 5.42. The summed E-state index contributed by atoms with van der Waals surface area (Å²) in [6.45, 7) is 4.19. The number of ether oxygens (including phenoxy) is 1. The van der Waals surface area contributed by atoms with Crippen LogP contribution in [0.25, 0.3) is 0 Å². The highest BCUT2D eigenvalue weighted by molar-refractivity contribution is 6.30. The standard InChI is InChI=1S/C17H18ClN5O2/c18-13-7-12(8-19-9-13)17(24)23-2-1-14-15(10-23)20-11-21-16(14)22-3-5-25-6-4-22/h7-9,11H,1-6,10H2. The Labute approximate surface area is 150 Å². The van der Waals surface area contributed by atoms with Crippen LogP contribution in [0.1, 0.15) is 21.6 Å². The van der Waals surface area contributed by atoms with Crippen molar-refractivity contribution < 1.29 is 9.53 Å². The van der Waals surface area contributed by atoms with E-state index >= 15 is 0 Å². The summed E-state index contributed by atoms with van der Waals surface area (Å²) in [5, 5.41) is 0.459. The largest absolute Gasteiger partial charge is 0.378 e. The van der Waals surface area contributed by atoms with Gasteiger partial charge >= 0.3 is 0 Å². The van der Waals surface area contributed by atoms with Crippen molar-refractivity contribution in [3.8, 4) is 0 Å². The van der Waals surface area contributed by atoms with Gasteiger partial charge in [0.15, 0.2) is 0 Å². The fourth-order valence-electron chi connectivity index (χ4n) is 3.27. The fourth-order valence-corrected chi connectivity index (χ4v) is 3.44. The predicted molar refractivity (Wildman–Crippen MR) is 92.8 cm³/mol. The Kier molecular flexibility index (Phi) is 4.50. The molecule has 0 atom stereocenters. The molecule has 1 saturated heterocycles. The van der Waals surface area contributed by atoms with Crippen molar-refractivity contribution in [2.24, 2.45) is 0 Å². The van der Waals surface area contributed by atoms with E-state index in [1.165, 1.54) is 6.20 Å². The van der Waals surface area contributed by atoms with Gasteiger partial charge in [-0.3, -0.25) is 9.78 Å². The lowest BCUT2D eigenvalue weighted by atomic mass is 10.0. The van der Waals surface area contributed by atoms with Crippen LogP contribution in [0, 0.1) is 0 Å². The number of carbonyl (C=O) groups is 1. The van der Waals surface area contributed by atoms with Gasteiger partial charge in [0.25, 0.3) is 5.91 Å². The maximum atomic E-state index is 12.7. The lowest BCUT2D eigenvalue weighted by Gasteiger charge is -2.33. The van der Waals surface area contributed by atoms with Gasteiger partial charge in [-0.1, -0.05) is 11.6 Å². The van der Waals surface area contributed by atoms with Crippen LogP contribution in [0.15, 0.2) is 24.8 Å². The third-order valence-corrected chi connectivity index (χ3v) is 4.74. The van der Waals surface area contributed by atoms with Crippen molar-refractivity contribution in [1.29, 1.82) is 0 Å². The number of morpholine rings is 1. The van der Waals surface area contributed by atoms with Crippen LogP contribution in [0.2, 0.25) is 5.02 Å². The van der Waals surface area contributed by atoms with E-state index in [0.29, 0.717) is 36.9 Å². The van der Waals surface area contributed by atoms with E-state index in [2.05, 4.69) is 19.9 Å². The number of anilines is 1. The molecule has 1 amide bonds. The van der Waals surface area contributed by atoms with Crippen LogP contribution in [-0.2, 0) is 17.7 Å². The maximum Gasteiger partial charge on any atom is 0.255 e. The number of rotatable bonds is 2. The van der Waals surface area contributed by atoms with E-state index in [0.717, 1.165) is 36.6 Å². The highest BCUT2D eigenvalue weighted by Gasteiger charge is 2.27. The van der Waals surface area contributed by atoms with Crippen LogP contribution < -0.4 is 4.90 Å². The molecular formula is C17H18ClN5O2. The number of halogens is 1. The van der Waals surface area contributed by atoms with Gasteiger partial charge in [-0.15, -0.1) is 0 Å². The topological polar surface area (TPSA) is 71.5 Å². The number of aromatic nitrogens is 3. The zero-order chi connectivity index (χ0) is 17.2. The molecule has 0 aromatic carbocycles. The summed E-state index contributed by atoms with van der Waals surface area (Å²) in [5.74, 6) is 0.900. The van der Waals surface area contributed by atoms with Crippen LogP contribution in [-0.4, -0.2) is 58.6 Å². The van der Waals surface area contributed by atoms with Crippen LogP contribution in [0.3, 0.4) is 0 Å². The number of amides is 1. The summed E-state index contributed by atoms with van der Waals surface area (Å²) in [5.41, 5.74) is 2.54. The van der Waals surface area contributed by atoms with Crippen molar-refractivity contribution in [2.75, 3.05) is 37.7 Å². The monoisotopic (exact) mass is 359 g/mol. The molecule has 130 valence electrons. The van der Waals surface area contributed by atoms with Crippen molar-refractivity contribution in [1.82, 2.24) is 19.9 Å². The first kappa shape index (κ1) is 16.2. The lowest BCUT2D eigenvalue weighted by Crippen LogP contribution is -2.40. The molecule has 4 rings (SSSR count). The number of hydrogen-bond acceptors (Lipinski definition) is 6. The Morgan fingerprint density at radius 2 is 2.00 bits per heavy atom. The Balaban J connectivity index is 1.56. The zero-order valence-electron chi connectivity index (χ0n) is 13.7. The Morgan fingerprint density at radius 3 is 2.80 bits per heavy atom. The molecular weight excluding hydrogens is 342 g/mol. The van der Waals surface area contributed by atoms with Gasteiger partial charge in [0, 0.05) is 37.6 Å². The van der Waals surface area contributed by atoms with Gasteiger partial charge in [-0.2, -0.15) is 0 Å². The lowest BCUT2D eigenvalue weighted by molar-refractivity contribution is 0.0731. The summed E-state index contributed by atoms with van der Waals surface area (Å²) in [6.07, 6.45) is 5.38. The third-order valence-electron chi connectivity index (χ3n) is 4.53. The first-order valence-electron chi connectivity index (χ1n) is 8.27. The zero-order valence-corrected chi connectivity index (χ0v) is 14.4. The van der Waals surface area contributed by atoms with E-state index < -0.39 is 0 Å². The molecule has 0 unspecified atom stereocenters. The second kappa shape index (κ2) is 6.93. The molecule has 2 aliphatic rings. The van der Waals surface area contributed by atoms with E-state index in [1.807, 2.05) is 0 Å². The van der Waals surface area contributed by atoms with Crippen molar-refractivity contribution in [2.45, 2.75) is 13.0 Å². The summed E-state index contributed by atoms with van der Waals surface area (Å²) >= 11 is 5.95. The molecule has 0 saturated carbocycles. The molecule has 0 spiro atoms. The Bertz CT molecular complexity index is 794. The highest BCUT2D eigenvalue weighted by Crippen LogP contribution is 2.27. The van der Waals surface area contributed by atoms with Crippen LogP contribution in [0.5, 0.6) is 0 Å². The maximum absolute atomic E-state index is 12.7. The van der Waals surface area contributed by atoms with E-state index in [4.69, 9.17) is 16.3 Å². The molecule has 7 nitrogen and oxygen atoms in total. The van der Waals surface area contributed by atoms with Gasteiger partial charge in [-0.05, 0) is 12.5 Å². The molecule has 2 aliphatic heterocycles. The van der Waals surface area contributed by atoms with Crippen molar-refractivity contribution in [3.63, 3.8) is 0 Å². The van der Waals surface area contributed by atoms with Gasteiger partial charge < -0.3 is 14.5 Å². The molecule has 0 aliphatic carbocycles. The number of fused-ring (bicyclic) bond motifs is 1. The number of pyridine rings is 1. The summed E-state index contributed by atoms with van der Waals surface area (Å²) in [6, 6.07) is 1.64. The Hall–Kier alpha value is -2.25. The van der Waals surface area contributed by atoms with Crippen LogP contribution >= 0.6 is 11.6 Å². The molecule has 4 heterocycles. The minimum Gasteiger partial charge on any atom is -0.378 e. The quantitative estimate of drug-likeness (QED) is 0.810. The Morgan fingerprint density at radius 1 is 1.16 bits per heavy atom. The molecule has 0 N–H and O–H groups in total. The van der Waals surface area contributed by atoms with E-state index in [1.54, 1.807) is 23.5 Å². The number of carbonyl (C=O) groups excluding carboxylic acids is 1. The molecule has 25 heavy (non-hydrogen) atoms. The average molecular weight is 360 g/mol. The van der Waals surface area contributed by atoms with Crippen LogP contribution in [0.4, 0.5) is 5.82 Å². The van der Waals surface area contributed by atoms with E-state index in [9.17, 15) is 4.79 Å². The average Bonchev–Trinajstić information content (AvgIpc) is 2.67. The predicted octanol–water partition coefficient (Wildman–Crippen LogP) is 1.56. The summed E-state index contributed by atoms with van der Waals surface area (Å²) in [4.78, 5) is 29.6. The highest BCUT2D eigenvalue weighted by atomic mass is 35.5. The molecule has 8 heteroatoms. The van der Waals surface area contributed by atoms with Crippen molar-refractivity contribution in [3.05, 3.63) is 46.6 Å². The minimum absolute atomic E-state index is 0.0767.